The predicted molar refractivity (Wildman–Crippen MR) is 75.6 cm³/mol. The maximum atomic E-state index is 14.0. The fraction of sp³-hybridized carbons (Fsp3) is 0.600. The molecule has 2 atom stereocenters. The van der Waals surface area contributed by atoms with Crippen molar-refractivity contribution in [2.45, 2.75) is 32.2 Å². The SMILES string of the molecule is C[C@@H](N)c1c(F)cccc1N1CCCC(CCO)C1. The molecule has 106 valence electrons. The van der Waals surface area contributed by atoms with E-state index in [0.29, 0.717) is 11.5 Å². The molecule has 0 aromatic heterocycles. The summed E-state index contributed by atoms with van der Waals surface area (Å²) in [5, 5.41) is 9.06. The molecule has 1 heterocycles. The van der Waals surface area contributed by atoms with E-state index in [2.05, 4.69) is 4.90 Å². The van der Waals surface area contributed by atoms with Gasteiger partial charge in [0, 0.05) is 37.0 Å². The maximum absolute atomic E-state index is 14.0. The number of rotatable bonds is 4. The Labute approximate surface area is 114 Å². The first-order chi connectivity index (χ1) is 9.13. The molecule has 1 aromatic carbocycles. The van der Waals surface area contributed by atoms with Gasteiger partial charge in [0.1, 0.15) is 5.82 Å². The van der Waals surface area contributed by atoms with Gasteiger partial charge in [-0.1, -0.05) is 6.07 Å². The van der Waals surface area contributed by atoms with Crippen LogP contribution in [0.5, 0.6) is 0 Å². The number of hydrogen-bond donors (Lipinski definition) is 2. The Kier molecular flexibility index (Phi) is 4.77. The number of aliphatic hydroxyl groups is 1. The van der Waals surface area contributed by atoms with Crippen LogP contribution in [0.2, 0.25) is 0 Å². The standard InChI is InChI=1S/C15H23FN2O/c1-11(17)15-13(16)5-2-6-14(15)18-8-3-4-12(10-18)7-9-19/h2,5-6,11-12,19H,3-4,7-10,17H2,1H3/t11-,12?/m1/s1. The Bertz CT molecular complexity index is 421. The van der Waals surface area contributed by atoms with Gasteiger partial charge < -0.3 is 15.7 Å². The van der Waals surface area contributed by atoms with Crippen molar-refractivity contribution < 1.29 is 9.50 Å². The zero-order valence-electron chi connectivity index (χ0n) is 11.5. The minimum Gasteiger partial charge on any atom is -0.396 e. The Morgan fingerprint density at radius 1 is 1.53 bits per heavy atom. The van der Waals surface area contributed by atoms with Crippen LogP contribution in [-0.4, -0.2) is 24.8 Å². The van der Waals surface area contributed by atoms with Crippen LogP contribution in [0.1, 0.15) is 37.8 Å². The van der Waals surface area contributed by atoms with Crippen molar-refractivity contribution >= 4 is 5.69 Å². The summed E-state index contributed by atoms with van der Waals surface area (Å²) in [5.74, 6) is 0.264. The number of piperidine rings is 1. The first kappa shape index (κ1) is 14.3. The highest BCUT2D eigenvalue weighted by atomic mass is 19.1. The van der Waals surface area contributed by atoms with Crippen LogP contribution in [0, 0.1) is 11.7 Å². The lowest BCUT2D eigenvalue weighted by Crippen LogP contribution is -2.36. The number of nitrogens with zero attached hydrogens (tertiary/aromatic N) is 1. The van der Waals surface area contributed by atoms with Crippen LogP contribution >= 0.6 is 0 Å². The largest absolute Gasteiger partial charge is 0.396 e. The number of benzene rings is 1. The minimum absolute atomic E-state index is 0.224. The molecule has 1 saturated heterocycles. The van der Waals surface area contributed by atoms with E-state index in [-0.39, 0.29) is 18.5 Å². The predicted octanol–water partition coefficient (Wildman–Crippen LogP) is 2.44. The monoisotopic (exact) mass is 266 g/mol. The summed E-state index contributed by atoms with van der Waals surface area (Å²) in [6.45, 7) is 3.85. The van der Waals surface area contributed by atoms with Gasteiger partial charge in [0.15, 0.2) is 0 Å². The van der Waals surface area contributed by atoms with E-state index in [9.17, 15) is 4.39 Å². The second-order valence-corrected chi connectivity index (χ2v) is 5.43. The van der Waals surface area contributed by atoms with Crippen molar-refractivity contribution in [2.75, 3.05) is 24.6 Å². The highest BCUT2D eigenvalue weighted by Gasteiger charge is 2.23. The van der Waals surface area contributed by atoms with E-state index >= 15 is 0 Å². The Balaban J connectivity index is 2.23. The van der Waals surface area contributed by atoms with Crippen LogP contribution in [-0.2, 0) is 0 Å². The van der Waals surface area contributed by atoms with Crippen LogP contribution in [0.3, 0.4) is 0 Å². The molecule has 1 aliphatic rings. The quantitative estimate of drug-likeness (QED) is 0.880. The molecule has 0 amide bonds. The molecule has 0 spiro atoms. The zero-order chi connectivity index (χ0) is 13.8. The van der Waals surface area contributed by atoms with Crippen molar-refractivity contribution in [3.63, 3.8) is 0 Å². The number of aliphatic hydroxyl groups excluding tert-OH is 1. The Hall–Kier alpha value is -1.13. The molecular weight excluding hydrogens is 243 g/mol. The van der Waals surface area contributed by atoms with Crippen molar-refractivity contribution in [3.8, 4) is 0 Å². The van der Waals surface area contributed by atoms with E-state index in [0.717, 1.165) is 38.0 Å². The van der Waals surface area contributed by atoms with Crippen LogP contribution < -0.4 is 10.6 Å². The number of nitrogens with two attached hydrogens (primary N) is 1. The molecule has 0 saturated carbocycles. The van der Waals surface area contributed by atoms with Crippen LogP contribution in [0.25, 0.3) is 0 Å². The van der Waals surface area contributed by atoms with E-state index in [1.807, 2.05) is 13.0 Å². The van der Waals surface area contributed by atoms with Gasteiger partial charge in [0.25, 0.3) is 0 Å². The number of hydrogen-bond acceptors (Lipinski definition) is 3. The van der Waals surface area contributed by atoms with Gasteiger partial charge in [-0.25, -0.2) is 4.39 Å². The van der Waals surface area contributed by atoms with Crippen molar-refractivity contribution in [1.82, 2.24) is 0 Å². The average Bonchev–Trinajstić information content (AvgIpc) is 2.38. The van der Waals surface area contributed by atoms with Gasteiger partial charge >= 0.3 is 0 Å². The zero-order valence-corrected chi connectivity index (χ0v) is 11.5. The third kappa shape index (κ3) is 3.25. The molecule has 19 heavy (non-hydrogen) atoms. The second kappa shape index (κ2) is 6.35. The lowest BCUT2D eigenvalue weighted by molar-refractivity contribution is 0.244. The highest BCUT2D eigenvalue weighted by Crippen LogP contribution is 2.31. The van der Waals surface area contributed by atoms with Gasteiger partial charge in [0.05, 0.1) is 0 Å². The minimum atomic E-state index is -0.311. The lowest BCUT2D eigenvalue weighted by Gasteiger charge is -2.36. The van der Waals surface area contributed by atoms with Gasteiger partial charge in [0.2, 0.25) is 0 Å². The van der Waals surface area contributed by atoms with Gasteiger partial charge in [-0.15, -0.1) is 0 Å². The van der Waals surface area contributed by atoms with E-state index in [1.165, 1.54) is 6.07 Å². The molecule has 2 rings (SSSR count). The summed E-state index contributed by atoms with van der Waals surface area (Å²) in [6, 6.07) is 4.85. The Morgan fingerprint density at radius 2 is 2.32 bits per heavy atom. The molecule has 0 bridgehead atoms. The first-order valence-electron chi connectivity index (χ1n) is 7.03. The van der Waals surface area contributed by atoms with E-state index < -0.39 is 0 Å². The number of anilines is 1. The van der Waals surface area contributed by atoms with Crippen molar-refractivity contribution in [2.24, 2.45) is 11.7 Å². The fourth-order valence-electron chi connectivity index (χ4n) is 2.95. The van der Waals surface area contributed by atoms with Crippen molar-refractivity contribution in [1.29, 1.82) is 0 Å². The Morgan fingerprint density at radius 3 is 3.00 bits per heavy atom. The molecule has 1 aromatic rings. The summed E-state index contributed by atoms with van der Waals surface area (Å²) < 4.78 is 14.0. The molecule has 3 nitrogen and oxygen atoms in total. The topological polar surface area (TPSA) is 49.5 Å². The highest BCUT2D eigenvalue weighted by molar-refractivity contribution is 5.55. The third-order valence-corrected chi connectivity index (χ3v) is 3.88. The summed E-state index contributed by atoms with van der Waals surface area (Å²) in [5.41, 5.74) is 7.43. The smallest absolute Gasteiger partial charge is 0.130 e. The number of halogens is 1. The molecular formula is C15H23FN2O. The summed E-state index contributed by atoms with van der Waals surface area (Å²) in [7, 11) is 0. The lowest BCUT2D eigenvalue weighted by atomic mass is 9.93. The van der Waals surface area contributed by atoms with Crippen molar-refractivity contribution in [3.05, 3.63) is 29.6 Å². The normalized spacial score (nSPS) is 21.5. The second-order valence-electron chi connectivity index (χ2n) is 5.43. The van der Waals surface area contributed by atoms with Gasteiger partial charge in [-0.2, -0.15) is 0 Å². The fourth-order valence-corrected chi connectivity index (χ4v) is 2.95. The third-order valence-electron chi connectivity index (χ3n) is 3.88. The van der Waals surface area contributed by atoms with Gasteiger partial charge in [-0.3, -0.25) is 0 Å². The summed E-state index contributed by atoms with van der Waals surface area (Å²) in [4.78, 5) is 2.21. The molecule has 4 heteroatoms. The maximum Gasteiger partial charge on any atom is 0.130 e. The molecule has 1 fully saturated rings. The van der Waals surface area contributed by atoms with Crippen LogP contribution in [0.15, 0.2) is 18.2 Å². The summed E-state index contributed by atoms with van der Waals surface area (Å²) in [6.07, 6.45) is 3.04. The van der Waals surface area contributed by atoms with E-state index in [1.54, 1.807) is 6.07 Å². The molecule has 1 aliphatic heterocycles. The summed E-state index contributed by atoms with van der Waals surface area (Å²) >= 11 is 0. The molecule has 0 aliphatic carbocycles. The van der Waals surface area contributed by atoms with E-state index in [4.69, 9.17) is 10.8 Å². The average molecular weight is 266 g/mol. The van der Waals surface area contributed by atoms with Crippen LogP contribution in [0.4, 0.5) is 10.1 Å². The molecule has 1 unspecified atom stereocenters. The first-order valence-corrected chi connectivity index (χ1v) is 7.03. The van der Waals surface area contributed by atoms with Gasteiger partial charge in [-0.05, 0) is 44.2 Å². The molecule has 0 radical (unpaired) electrons. The molecule has 3 N–H and O–H groups in total.